The summed E-state index contributed by atoms with van der Waals surface area (Å²) in [6.07, 6.45) is 13.9. The van der Waals surface area contributed by atoms with Crippen molar-refractivity contribution >= 4 is 11.8 Å². The van der Waals surface area contributed by atoms with E-state index < -0.39 is 0 Å². The predicted molar refractivity (Wildman–Crippen MR) is 135 cm³/mol. The van der Waals surface area contributed by atoms with Gasteiger partial charge in [0.05, 0.1) is 0 Å². The number of fused-ring (bicyclic) bond motifs is 1. The van der Waals surface area contributed by atoms with E-state index in [0.717, 1.165) is 36.3 Å². The number of ether oxygens (including phenoxy) is 2. The molecule has 0 radical (unpaired) electrons. The van der Waals surface area contributed by atoms with Gasteiger partial charge in [-0.25, -0.2) is 4.79 Å². The van der Waals surface area contributed by atoms with Gasteiger partial charge in [0.15, 0.2) is 0 Å². The minimum Gasteiger partial charge on any atom is -0.490 e. The van der Waals surface area contributed by atoms with Gasteiger partial charge in [-0.3, -0.25) is 4.90 Å². The van der Waals surface area contributed by atoms with Crippen molar-refractivity contribution < 1.29 is 14.3 Å². The fourth-order valence-electron chi connectivity index (χ4n) is 4.93. The second-order valence-corrected chi connectivity index (χ2v) is 9.71. The quantitative estimate of drug-likeness (QED) is 0.327. The summed E-state index contributed by atoms with van der Waals surface area (Å²) in [4.78, 5) is 13.9. The summed E-state index contributed by atoms with van der Waals surface area (Å²) in [5, 5.41) is 0. The molecular formula is C29H39NO3. The van der Waals surface area contributed by atoms with Gasteiger partial charge in [-0.1, -0.05) is 70.1 Å². The summed E-state index contributed by atoms with van der Waals surface area (Å²) >= 11 is 0. The van der Waals surface area contributed by atoms with Crippen molar-refractivity contribution in [3.8, 4) is 16.9 Å². The van der Waals surface area contributed by atoms with Crippen LogP contribution < -0.4 is 9.64 Å². The Kier molecular flexibility index (Phi) is 8.30. The second kappa shape index (κ2) is 11.6. The molecule has 4 nitrogen and oxygen atoms in total. The summed E-state index contributed by atoms with van der Waals surface area (Å²) in [6.45, 7) is 4.92. The van der Waals surface area contributed by atoms with E-state index in [4.69, 9.17) is 9.47 Å². The summed E-state index contributed by atoms with van der Waals surface area (Å²) < 4.78 is 11.6. The lowest BCUT2D eigenvalue weighted by Gasteiger charge is -2.30. The number of cyclic esters (lactones) is 1. The van der Waals surface area contributed by atoms with E-state index >= 15 is 0 Å². The Bertz CT molecular complexity index is 908. The van der Waals surface area contributed by atoms with E-state index in [9.17, 15) is 4.79 Å². The number of carbonyl (C=O) groups excluding carboxylic acids is 1. The molecule has 0 N–H and O–H groups in total. The van der Waals surface area contributed by atoms with Gasteiger partial charge in [-0.15, -0.1) is 0 Å². The van der Waals surface area contributed by atoms with Crippen molar-refractivity contribution in [3.05, 3.63) is 48.0 Å². The largest absolute Gasteiger partial charge is 0.490 e. The van der Waals surface area contributed by atoms with Crippen LogP contribution in [0.2, 0.25) is 0 Å². The van der Waals surface area contributed by atoms with E-state index in [2.05, 4.69) is 37.3 Å². The average molecular weight is 450 g/mol. The zero-order valence-corrected chi connectivity index (χ0v) is 20.4. The molecule has 0 aliphatic carbocycles. The maximum atomic E-state index is 12.2. The first-order valence-corrected chi connectivity index (χ1v) is 13.0. The number of hydrogen-bond donors (Lipinski definition) is 0. The normalized spacial score (nSPS) is 19.8. The van der Waals surface area contributed by atoms with Crippen LogP contribution in [0.25, 0.3) is 11.1 Å². The highest BCUT2D eigenvalue weighted by Gasteiger charge is 2.26. The molecule has 0 saturated carbocycles. The molecule has 2 aromatic carbocycles. The van der Waals surface area contributed by atoms with Crippen LogP contribution in [0.1, 0.15) is 83.6 Å². The van der Waals surface area contributed by atoms with Crippen LogP contribution in [-0.2, 0) is 11.2 Å². The van der Waals surface area contributed by atoms with Crippen molar-refractivity contribution in [2.45, 2.75) is 96.7 Å². The van der Waals surface area contributed by atoms with Gasteiger partial charge in [0.1, 0.15) is 18.0 Å². The van der Waals surface area contributed by atoms with E-state index in [1.807, 2.05) is 19.1 Å². The molecule has 2 aliphatic heterocycles. The molecule has 1 saturated heterocycles. The molecule has 2 aromatic rings. The number of amides is 1. The van der Waals surface area contributed by atoms with Gasteiger partial charge in [0, 0.05) is 25.1 Å². The minimum atomic E-state index is -0.251. The van der Waals surface area contributed by atoms with Crippen LogP contribution >= 0.6 is 0 Å². The van der Waals surface area contributed by atoms with Gasteiger partial charge >= 0.3 is 6.09 Å². The molecule has 1 fully saturated rings. The van der Waals surface area contributed by atoms with Crippen molar-refractivity contribution in [3.63, 3.8) is 0 Å². The number of carbonyl (C=O) groups is 1. The van der Waals surface area contributed by atoms with E-state index in [1.165, 1.54) is 62.5 Å². The highest BCUT2D eigenvalue weighted by atomic mass is 16.6. The van der Waals surface area contributed by atoms with Crippen molar-refractivity contribution in [2.24, 2.45) is 0 Å². The minimum absolute atomic E-state index is 0.000955. The molecule has 0 spiro atoms. The molecule has 2 aliphatic rings. The summed E-state index contributed by atoms with van der Waals surface area (Å²) in [5.41, 5.74) is 4.57. The molecule has 1 amide bonds. The molecule has 4 heteroatoms. The number of benzene rings is 2. The third kappa shape index (κ3) is 6.31. The van der Waals surface area contributed by atoms with E-state index in [1.54, 1.807) is 4.90 Å². The third-order valence-corrected chi connectivity index (χ3v) is 6.98. The van der Waals surface area contributed by atoms with Gasteiger partial charge in [0.2, 0.25) is 0 Å². The smallest absolute Gasteiger partial charge is 0.414 e. The molecule has 2 atom stereocenters. The third-order valence-electron chi connectivity index (χ3n) is 6.98. The molecule has 178 valence electrons. The Hall–Kier alpha value is -2.49. The second-order valence-electron chi connectivity index (χ2n) is 9.71. The standard InChI is InChI=1S/C29H39NO3/c1-3-4-5-6-7-8-9-10-11-27-21-25-20-24(14-17-28(25)33-27)23-12-15-26(16-13-23)30-19-18-22(2)32-29(30)31/h12-17,20,22,27H,3-11,18-19,21H2,1-2H3. The molecule has 2 unspecified atom stereocenters. The summed E-state index contributed by atoms with van der Waals surface area (Å²) in [5.74, 6) is 1.05. The number of unbranched alkanes of at least 4 members (excludes halogenated alkanes) is 7. The Labute approximate surface area is 199 Å². The maximum absolute atomic E-state index is 12.2. The lowest BCUT2D eigenvalue weighted by molar-refractivity contribution is 0.0944. The zero-order valence-electron chi connectivity index (χ0n) is 20.4. The first-order valence-electron chi connectivity index (χ1n) is 13.0. The Morgan fingerprint density at radius 1 is 0.879 bits per heavy atom. The van der Waals surface area contributed by atoms with Gasteiger partial charge in [0.25, 0.3) is 0 Å². The van der Waals surface area contributed by atoms with Crippen LogP contribution in [0.15, 0.2) is 42.5 Å². The lowest BCUT2D eigenvalue weighted by Crippen LogP contribution is -2.41. The van der Waals surface area contributed by atoms with E-state index in [-0.39, 0.29) is 12.2 Å². The number of anilines is 1. The molecule has 0 bridgehead atoms. The van der Waals surface area contributed by atoms with Gasteiger partial charge < -0.3 is 9.47 Å². The fraction of sp³-hybridized carbons (Fsp3) is 0.552. The van der Waals surface area contributed by atoms with Gasteiger partial charge in [-0.05, 0) is 60.7 Å². The molecule has 2 heterocycles. The maximum Gasteiger partial charge on any atom is 0.414 e. The molecule has 33 heavy (non-hydrogen) atoms. The molecule has 4 rings (SSSR count). The topological polar surface area (TPSA) is 38.8 Å². The predicted octanol–water partition coefficient (Wildman–Crippen LogP) is 7.92. The Morgan fingerprint density at radius 2 is 1.58 bits per heavy atom. The first-order chi connectivity index (χ1) is 16.1. The van der Waals surface area contributed by atoms with Crippen molar-refractivity contribution in [1.82, 2.24) is 0 Å². The SMILES string of the molecule is CCCCCCCCCCC1Cc2cc(-c3ccc(N4CCC(C)OC4=O)cc3)ccc2O1. The van der Waals surface area contributed by atoms with Crippen LogP contribution in [0.5, 0.6) is 5.75 Å². The van der Waals surface area contributed by atoms with Crippen LogP contribution in [0, 0.1) is 0 Å². The monoisotopic (exact) mass is 449 g/mol. The number of nitrogens with zero attached hydrogens (tertiary/aromatic N) is 1. The van der Waals surface area contributed by atoms with E-state index in [0.29, 0.717) is 12.6 Å². The highest BCUT2D eigenvalue weighted by molar-refractivity contribution is 5.88. The Morgan fingerprint density at radius 3 is 2.30 bits per heavy atom. The first kappa shape index (κ1) is 23.7. The Balaban J connectivity index is 1.26. The molecular weight excluding hydrogens is 410 g/mol. The molecule has 0 aromatic heterocycles. The number of hydrogen-bond acceptors (Lipinski definition) is 3. The summed E-state index contributed by atoms with van der Waals surface area (Å²) in [6, 6.07) is 14.8. The van der Waals surface area contributed by atoms with Crippen molar-refractivity contribution in [2.75, 3.05) is 11.4 Å². The average Bonchev–Trinajstić information content (AvgIpc) is 3.23. The van der Waals surface area contributed by atoms with Crippen LogP contribution in [0.4, 0.5) is 10.5 Å². The summed E-state index contributed by atoms with van der Waals surface area (Å²) in [7, 11) is 0. The number of rotatable bonds is 11. The van der Waals surface area contributed by atoms with Crippen molar-refractivity contribution in [1.29, 1.82) is 0 Å². The van der Waals surface area contributed by atoms with Gasteiger partial charge in [-0.2, -0.15) is 0 Å². The lowest BCUT2D eigenvalue weighted by atomic mass is 9.99. The van der Waals surface area contributed by atoms with Crippen LogP contribution in [0.3, 0.4) is 0 Å². The highest BCUT2D eigenvalue weighted by Crippen LogP contribution is 2.35. The van der Waals surface area contributed by atoms with Crippen LogP contribution in [-0.4, -0.2) is 24.8 Å². The zero-order chi connectivity index (χ0) is 23.0. The fourth-order valence-corrected chi connectivity index (χ4v) is 4.93.